The van der Waals surface area contributed by atoms with Crippen molar-refractivity contribution in [1.82, 2.24) is 19.8 Å². The van der Waals surface area contributed by atoms with Crippen LogP contribution >= 0.6 is 0 Å². The number of hydrogen-bond donors (Lipinski definition) is 2. The summed E-state index contributed by atoms with van der Waals surface area (Å²) in [5, 5.41) is 10.4. The van der Waals surface area contributed by atoms with Gasteiger partial charge in [-0.3, -0.25) is 4.79 Å². The van der Waals surface area contributed by atoms with Gasteiger partial charge in [-0.15, -0.1) is 0 Å². The third kappa shape index (κ3) is 2.54. The molecule has 2 N–H and O–H groups in total. The molecule has 1 amide bonds. The fraction of sp³-hybridized carbons (Fsp3) is 0.667. The summed E-state index contributed by atoms with van der Waals surface area (Å²) in [6, 6.07) is 0. The zero-order valence-corrected chi connectivity index (χ0v) is 11.1. The van der Waals surface area contributed by atoms with Crippen LogP contribution in [0, 0.1) is 6.92 Å². The highest BCUT2D eigenvalue weighted by atomic mass is 16.3. The number of carbonyl (C=O) groups excluding carboxylic acids is 1. The van der Waals surface area contributed by atoms with Crippen LogP contribution in [-0.2, 0) is 0 Å². The summed E-state index contributed by atoms with van der Waals surface area (Å²) in [4.78, 5) is 22.8. The van der Waals surface area contributed by atoms with E-state index in [1.807, 2.05) is 25.9 Å². The predicted molar refractivity (Wildman–Crippen MR) is 67.3 cm³/mol. The molecule has 1 aliphatic heterocycles. The number of hydrogen-bond acceptors (Lipinski definition) is 4. The van der Waals surface area contributed by atoms with Crippen LogP contribution in [0.2, 0.25) is 0 Å². The Hall–Kier alpha value is -1.40. The van der Waals surface area contributed by atoms with Gasteiger partial charge in [-0.1, -0.05) is 0 Å². The first-order valence-electron chi connectivity index (χ1n) is 6.08. The molecule has 1 aliphatic rings. The normalized spacial score (nSPS) is 23.9. The maximum absolute atomic E-state index is 12.2. The van der Waals surface area contributed by atoms with Crippen molar-refractivity contribution in [2.24, 2.45) is 0 Å². The molecule has 1 atom stereocenters. The van der Waals surface area contributed by atoms with Crippen molar-refractivity contribution >= 4 is 5.91 Å². The van der Waals surface area contributed by atoms with Crippen LogP contribution in [-0.4, -0.2) is 70.1 Å². The topological polar surface area (TPSA) is 72.5 Å². The van der Waals surface area contributed by atoms with E-state index in [-0.39, 0.29) is 5.91 Å². The molecule has 1 aromatic heterocycles. The molecule has 1 aromatic rings. The molecule has 0 saturated carbocycles. The van der Waals surface area contributed by atoms with Gasteiger partial charge < -0.3 is 19.9 Å². The molecule has 2 rings (SSSR count). The number of aryl methyl sites for hydroxylation is 1. The number of rotatable bonds is 3. The molecule has 100 valence electrons. The lowest BCUT2D eigenvalue weighted by Crippen LogP contribution is -2.43. The molecule has 0 bridgehead atoms. The average Bonchev–Trinajstić information content (AvgIpc) is 2.83. The van der Waals surface area contributed by atoms with E-state index in [0.29, 0.717) is 31.7 Å². The molecule has 1 fully saturated rings. The second-order valence-corrected chi connectivity index (χ2v) is 5.31. The molecular weight excluding hydrogens is 232 g/mol. The van der Waals surface area contributed by atoms with Crippen LogP contribution in [0.3, 0.4) is 0 Å². The molecule has 18 heavy (non-hydrogen) atoms. The Balaban J connectivity index is 2.05. The number of nitrogens with one attached hydrogen (secondary N) is 1. The highest BCUT2D eigenvalue weighted by molar-refractivity contribution is 5.93. The standard InChI is InChI=1S/C12H20N4O2/c1-9-10(14-8-13-9)11(17)16-5-4-12(18,7-16)6-15(2)3/h8,18H,4-7H2,1-3H3,(H,13,14)/t12-/m1/s1. The van der Waals surface area contributed by atoms with E-state index in [2.05, 4.69) is 9.97 Å². The number of aromatic amines is 1. The highest BCUT2D eigenvalue weighted by Gasteiger charge is 2.39. The van der Waals surface area contributed by atoms with Gasteiger partial charge >= 0.3 is 0 Å². The zero-order chi connectivity index (χ0) is 13.3. The van der Waals surface area contributed by atoms with Gasteiger partial charge in [0.2, 0.25) is 0 Å². The van der Waals surface area contributed by atoms with Crippen molar-refractivity contribution in [3.8, 4) is 0 Å². The summed E-state index contributed by atoms with van der Waals surface area (Å²) >= 11 is 0. The highest BCUT2D eigenvalue weighted by Crippen LogP contribution is 2.23. The van der Waals surface area contributed by atoms with Crippen molar-refractivity contribution in [3.05, 3.63) is 17.7 Å². The minimum atomic E-state index is -0.802. The largest absolute Gasteiger partial charge is 0.387 e. The molecule has 0 aliphatic carbocycles. The average molecular weight is 252 g/mol. The van der Waals surface area contributed by atoms with Gasteiger partial charge in [0.1, 0.15) is 5.69 Å². The molecule has 1 saturated heterocycles. The quantitative estimate of drug-likeness (QED) is 0.785. The summed E-state index contributed by atoms with van der Waals surface area (Å²) in [5.41, 5.74) is 0.413. The number of amides is 1. The number of β-amino-alcohol motifs (C(OH)–C–C–N with tert-alkyl or cyclic N) is 1. The summed E-state index contributed by atoms with van der Waals surface area (Å²) in [6.45, 7) is 3.34. The van der Waals surface area contributed by atoms with Crippen molar-refractivity contribution in [3.63, 3.8) is 0 Å². The maximum Gasteiger partial charge on any atom is 0.274 e. The summed E-state index contributed by atoms with van der Waals surface area (Å²) < 4.78 is 0. The lowest BCUT2D eigenvalue weighted by Gasteiger charge is -2.26. The van der Waals surface area contributed by atoms with Crippen molar-refractivity contribution < 1.29 is 9.90 Å². The van der Waals surface area contributed by atoms with E-state index in [9.17, 15) is 9.90 Å². The van der Waals surface area contributed by atoms with E-state index in [4.69, 9.17) is 0 Å². The fourth-order valence-corrected chi connectivity index (χ4v) is 2.47. The molecule has 2 heterocycles. The Morgan fingerprint density at radius 3 is 2.94 bits per heavy atom. The third-order valence-electron chi connectivity index (χ3n) is 3.26. The Kier molecular flexibility index (Phi) is 3.41. The SMILES string of the molecule is Cc1[nH]cnc1C(=O)N1CC[C@@](O)(CN(C)C)C1. The molecule has 0 spiro atoms. The Morgan fingerprint density at radius 1 is 1.67 bits per heavy atom. The first-order chi connectivity index (χ1) is 8.41. The summed E-state index contributed by atoms with van der Waals surface area (Å²) in [6.07, 6.45) is 2.13. The number of nitrogens with zero attached hydrogens (tertiary/aromatic N) is 3. The second-order valence-electron chi connectivity index (χ2n) is 5.31. The van der Waals surface area contributed by atoms with E-state index in [0.717, 1.165) is 5.69 Å². The lowest BCUT2D eigenvalue weighted by molar-refractivity contribution is 0.0235. The van der Waals surface area contributed by atoms with Gasteiger partial charge in [-0.05, 0) is 27.4 Å². The van der Waals surface area contributed by atoms with Gasteiger partial charge in [-0.25, -0.2) is 4.98 Å². The lowest BCUT2D eigenvalue weighted by atomic mass is 10.0. The monoisotopic (exact) mass is 252 g/mol. The van der Waals surface area contributed by atoms with E-state index >= 15 is 0 Å². The molecule has 6 nitrogen and oxygen atoms in total. The molecule has 0 unspecified atom stereocenters. The predicted octanol–water partition coefficient (Wildman–Crippen LogP) is -0.143. The van der Waals surface area contributed by atoms with Crippen LogP contribution in [0.1, 0.15) is 22.6 Å². The van der Waals surface area contributed by atoms with Gasteiger partial charge in [0.15, 0.2) is 0 Å². The van der Waals surface area contributed by atoms with E-state index in [1.165, 1.54) is 6.33 Å². The Bertz CT molecular complexity index is 443. The van der Waals surface area contributed by atoms with Crippen LogP contribution in [0.25, 0.3) is 0 Å². The third-order valence-corrected chi connectivity index (χ3v) is 3.26. The number of likely N-dealkylation sites (N-methyl/N-ethyl adjacent to an activating group) is 1. The van der Waals surface area contributed by atoms with Crippen LogP contribution in [0.5, 0.6) is 0 Å². The number of aliphatic hydroxyl groups is 1. The van der Waals surface area contributed by atoms with E-state index in [1.54, 1.807) is 4.90 Å². The first kappa shape index (κ1) is 13.0. The van der Waals surface area contributed by atoms with E-state index < -0.39 is 5.60 Å². The molecule has 0 radical (unpaired) electrons. The van der Waals surface area contributed by atoms with Crippen molar-refractivity contribution in [2.75, 3.05) is 33.7 Å². The second kappa shape index (κ2) is 4.70. The summed E-state index contributed by atoms with van der Waals surface area (Å²) in [5.74, 6) is -0.108. The van der Waals surface area contributed by atoms with Crippen LogP contribution in [0.15, 0.2) is 6.33 Å². The van der Waals surface area contributed by atoms with Crippen molar-refractivity contribution in [1.29, 1.82) is 0 Å². The smallest absolute Gasteiger partial charge is 0.274 e. The van der Waals surface area contributed by atoms with Crippen LogP contribution < -0.4 is 0 Å². The fourth-order valence-electron chi connectivity index (χ4n) is 2.47. The minimum absolute atomic E-state index is 0.108. The maximum atomic E-state index is 12.2. The zero-order valence-electron chi connectivity index (χ0n) is 11.1. The Morgan fingerprint density at radius 2 is 2.39 bits per heavy atom. The van der Waals surface area contributed by atoms with Crippen LogP contribution in [0.4, 0.5) is 0 Å². The molecule has 6 heteroatoms. The molecule has 0 aromatic carbocycles. The number of carbonyl (C=O) groups is 1. The van der Waals surface area contributed by atoms with Gasteiger partial charge in [-0.2, -0.15) is 0 Å². The van der Waals surface area contributed by atoms with Gasteiger partial charge in [0, 0.05) is 18.8 Å². The van der Waals surface area contributed by atoms with Gasteiger partial charge in [0.25, 0.3) is 5.91 Å². The number of H-pyrrole nitrogens is 1. The van der Waals surface area contributed by atoms with Gasteiger partial charge in [0.05, 0.1) is 18.5 Å². The first-order valence-corrected chi connectivity index (χ1v) is 6.08. The number of imidazole rings is 1. The minimum Gasteiger partial charge on any atom is -0.387 e. The number of likely N-dealkylation sites (tertiary alicyclic amines) is 1. The Labute approximate surface area is 107 Å². The van der Waals surface area contributed by atoms with Crippen molar-refractivity contribution in [2.45, 2.75) is 18.9 Å². The summed E-state index contributed by atoms with van der Waals surface area (Å²) in [7, 11) is 3.83. The molecular formula is C12H20N4O2. The number of aromatic nitrogens is 2.